The van der Waals surface area contributed by atoms with Gasteiger partial charge in [-0.15, -0.1) is 6.58 Å². The molecule has 0 saturated carbocycles. The van der Waals surface area contributed by atoms with E-state index in [4.69, 9.17) is 5.73 Å². The van der Waals surface area contributed by atoms with Crippen LogP contribution >= 0.6 is 0 Å². The predicted molar refractivity (Wildman–Crippen MR) is 82.9 cm³/mol. The van der Waals surface area contributed by atoms with E-state index in [9.17, 15) is 9.90 Å². The molecule has 0 radical (unpaired) electrons. The zero-order chi connectivity index (χ0) is 15.7. The molecule has 5 nitrogen and oxygen atoms in total. The molecule has 0 fully saturated rings. The van der Waals surface area contributed by atoms with E-state index in [1.807, 2.05) is 13.0 Å². The molecule has 0 aromatic rings. The van der Waals surface area contributed by atoms with Crippen LogP contribution in [0.1, 0.15) is 51.9 Å². The molecule has 2 N–H and O–H groups in total. The highest BCUT2D eigenvalue weighted by molar-refractivity contribution is 5.81. The molecular formula is C16H27N3O2. The number of amidine groups is 1. The number of aliphatic imine (C=N–C) groups is 1. The maximum absolute atomic E-state index is 11.0. The van der Waals surface area contributed by atoms with Crippen LogP contribution in [-0.2, 0) is 4.79 Å². The Morgan fingerprint density at radius 1 is 1.43 bits per heavy atom. The van der Waals surface area contributed by atoms with Crippen LogP contribution in [-0.4, -0.2) is 29.0 Å². The number of aliphatic carboxylic acids is 1. The van der Waals surface area contributed by atoms with Gasteiger partial charge in [0.25, 0.3) is 0 Å². The Labute approximate surface area is 127 Å². The minimum absolute atomic E-state index is 0.0960. The van der Waals surface area contributed by atoms with E-state index < -0.39 is 5.97 Å². The van der Waals surface area contributed by atoms with Gasteiger partial charge >= 0.3 is 0 Å². The Balaban J connectivity index is 2.43. The van der Waals surface area contributed by atoms with E-state index in [0.717, 1.165) is 31.5 Å². The number of quaternary nitrogens is 1. The maximum atomic E-state index is 11.0. The summed E-state index contributed by atoms with van der Waals surface area (Å²) >= 11 is 0. The van der Waals surface area contributed by atoms with Crippen LogP contribution in [0.15, 0.2) is 30.0 Å². The molecule has 2 atom stereocenters. The van der Waals surface area contributed by atoms with Crippen molar-refractivity contribution in [2.45, 2.75) is 58.0 Å². The average molecular weight is 293 g/mol. The molecule has 0 bridgehead atoms. The van der Waals surface area contributed by atoms with Crippen LogP contribution in [0.4, 0.5) is 0 Å². The summed E-state index contributed by atoms with van der Waals surface area (Å²) in [7, 11) is 0. The summed E-state index contributed by atoms with van der Waals surface area (Å²) in [5.41, 5.74) is 6.00. The lowest BCUT2D eigenvalue weighted by Gasteiger charge is -2.36. The Morgan fingerprint density at radius 3 is 2.71 bits per heavy atom. The van der Waals surface area contributed by atoms with Crippen molar-refractivity contribution < 1.29 is 14.4 Å². The van der Waals surface area contributed by atoms with E-state index in [2.05, 4.69) is 11.6 Å². The zero-order valence-electron chi connectivity index (χ0n) is 13.0. The highest BCUT2D eigenvalue weighted by atomic mass is 16.4. The summed E-state index contributed by atoms with van der Waals surface area (Å²) in [5, 5.41) is 11.0. The summed E-state index contributed by atoms with van der Waals surface area (Å²) in [6.45, 7) is 5.38. The summed E-state index contributed by atoms with van der Waals surface area (Å²) in [6.07, 6.45) is 12.6. The van der Waals surface area contributed by atoms with Gasteiger partial charge in [0.1, 0.15) is 18.9 Å². The lowest BCUT2D eigenvalue weighted by Crippen LogP contribution is -2.60. The SMILES string of the molecule is C=CCCCCCCCC1=NC=C[N+]1(CC(=O)[O-])C(C)N. The van der Waals surface area contributed by atoms with Gasteiger partial charge in [0, 0.05) is 13.3 Å². The average Bonchev–Trinajstić information content (AvgIpc) is 2.81. The normalized spacial score (nSPS) is 22.1. The van der Waals surface area contributed by atoms with Crippen LogP contribution in [0.25, 0.3) is 0 Å². The molecule has 118 valence electrons. The summed E-state index contributed by atoms with van der Waals surface area (Å²) < 4.78 is 0.0960. The maximum Gasteiger partial charge on any atom is 0.209 e. The highest BCUT2D eigenvalue weighted by Crippen LogP contribution is 2.23. The number of carbonyl (C=O) groups is 1. The Bertz CT molecular complexity index is 416. The van der Waals surface area contributed by atoms with Crippen LogP contribution in [0.5, 0.6) is 0 Å². The number of carboxylic acids is 1. The monoisotopic (exact) mass is 293 g/mol. The Kier molecular flexibility index (Phi) is 7.32. The molecule has 2 unspecified atom stereocenters. The molecule has 0 amide bonds. The number of carboxylic acid groups (broad SMARTS) is 1. The summed E-state index contributed by atoms with van der Waals surface area (Å²) in [4.78, 5) is 15.3. The largest absolute Gasteiger partial charge is 0.544 e. The molecule has 21 heavy (non-hydrogen) atoms. The lowest BCUT2D eigenvalue weighted by molar-refractivity contribution is -0.808. The first-order valence-electron chi connectivity index (χ1n) is 7.71. The molecule has 1 heterocycles. The first-order valence-corrected chi connectivity index (χ1v) is 7.71. The standard InChI is InChI=1S/C16H27N3O2/c1-3-4-5-6-7-8-9-10-15-18-11-12-19(15,14(2)17)13-16(20)21/h3,11-12,14H,1,4-10,13,17H2,2H3. The highest BCUT2D eigenvalue weighted by Gasteiger charge is 2.38. The lowest BCUT2D eigenvalue weighted by atomic mass is 10.1. The van der Waals surface area contributed by atoms with Gasteiger partial charge in [-0.1, -0.05) is 25.3 Å². The summed E-state index contributed by atoms with van der Waals surface area (Å²) in [6, 6.07) is 0. The van der Waals surface area contributed by atoms with Crippen LogP contribution in [0, 0.1) is 0 Å². The third-order valence-corrected chi connectivity index (χ3v) is 3.96. The number of unbranched alkanes of at least 4 members (excludes halogenated alkanes) is 5. The fourth-order valence-corrected chi connectivity index (χ4v) is 2.68. The molecule has 0 aliphatic carbocycles. The van der Waals surface area contributed by atoms with Crippen LogP contribution < -0.4 is 10.8 Å². The number of nitrogens with zero attached hydrogens (tertiary/aromatic N) is 2. The first kappa shape index (κ1) is 17.6. The van der Waals surface area contributed by atoms with Gasteiger partial charge in [-0.3, -0.25) is 5.73 Å². The van der Waals surface area contributed by atoms with Crippen molar-refractivity contribution in [2.75, 3.05) is 6.54 Å². The van der Waals surface area contributed by atoms with E-state index >= 15 is 0 Å². The molecular weight excluding hydrogens is 266 g/mol. The minimum Gasteiger partial charge on any atom is -0.544 e. The van der Waals surface area contributed by atoms with Gasteiger partial charge in [0.2, 0.25) is 5.84 Å². The third kappa shape index (κ3) is 5.10. The fourth-order valence-electron chi connectivity index (χ4n) is 2.68. The zero-order valence-corrected chi connectivity index (χ0v) is 13.0. The molecule has 5 heteroatoms. The fraction of sp³-hybridized carbons (Fsp3) is 0.625. The molecule has 0 aromatic carbocycles. The Morgan fingerprint density at radius 2 is 2.10 bits per heavy atom. The van der Waals surface area contributed by atoms with Gasteiger partial charge < -0.3 is 9.90 Å². The second-order valence-corrected chi connectivity index (χ2v) is 5.64. The van der Waals surface area contributed by atoms with Gasteiger partial charge in [0.15, 0.2) is 0 Å². The van der Waals surface area contributed by atoms with E-state index in [1.165, 1.54) is 19.3 Å². The number of nitrogens with two attached hydrogens (primary N) is 1. The molecule has 0 saturated heterocycles. The van der Waals surface area contributed by atoms with E-state index in [-0.39, 0.29) is 17.2 Å². The number of hydrogen-bond acceptors (Lipinski definition) is 4. The van der Waals surface area contributed by atoms with Crippen molar-refractivity contribution in [3.8, 4) is 0 Å². The van der Waals surface area contributed by atoms with Gasteiger partial charge in [-0.05, 0) is 19.3 Å². The number of hydrogen-bond donors (Lipinski definition) is 1. The number of allylic oxidation sites excluding steroid dienone is 1. The molecule has 0 aromatic heterocycles. The minimum atomic E-state index is -1.10. The molecule has 1 aliphatic rings. The summed E-state index contributed by atoms with van der Waals surface area (Å²) in [5.74, 6) is -0.267. The van der Waals surface area contributed by atoms with Gasteiger partial charge in [0.05, 0.1) is 12.2 Å². The van der Waals surface area contributed by atoms with Crippen molar-refractivity contribution in [2.24, 2.45) is 10.7 Å². The van der Waals surface area contributed by atoms with Crippen molar-refractivity contribution in [3.05, 3.63) is 25.1 Å². The first-order chi connectivity index (χ1) is 10.0. The van der Waals surface area contributed by atoms with Crippen molar-refractivity contribution in [1.29, 1.82) is 0 Å². The van der Waals surface area contributed by atoms with E-state index in [0.29, 0.717) is 0 Å². The predicted octanol–water partition coefficient (Wildman–Crippen LogP) is 1.66. The second kappa shape index (κ2) is 8.74. The molecule has 1 aliphatic heterocycles. The topological polar surface area (TPSA) is 78.5 Å². The van der Waals surface area contributed by atoms with Gasteiger partial charge in [-0.25, -0.2) is 9.48 Å². The van der Waals surface area contributed by atoms with E-state index in [1.54, 1.807) is 12.4 Å². The van der Waals surface area contributed by atoms with Gasteiger partial charge in [-0.2, -0.15) is 0 Å². The smallest absolute Gasteiger partial charge is 0.209 e. The van der Waals surface area contributed by atoms with Crippen molar-refractivity contribution in [3.63, 3.8) is 0 Å². The number of rotatable bonds is 11. The third-order valence-electron chi connectivity index (χ3n) is 3.96. The van der Waals surface area contributed by atoms with Crippen LogP contribution in [0.2, 0.25) is 0 Å². The molecule has 1 rings (SSSR count). The molecule has 0 spiro atoms. The van der Waals surface area contributed by atoms with Crippen molar-refractivity contribution >= 4 is 11.8 Å². The van der Waals surface area contributed by atoms with Crippen LogP contribution in [0.3, 0.4) is 0 Å². The second-order valence-electron chi connectivity index (χ2n) is 5.64. The number of carbonyl (C=O) groups excluding carboxylic acids is 1. The Hall–Kier alpha value is -1.46. The quantitative estimate of drug-likeness (QED) is 0.357. The van der Waals surface area contributed by atoms with Crippen molar-refractivity contribution in [1.82, 2.24) is 0 Å².